The molecule has 5 heteroatoms. The number of benzene rings is 3. The molecule has 148 valence electrons. The zero-order chi connectivity index (χ0) is 20.1. The smallest absolute Gasteiger partial charge is 0.260 e. The zero-order valence-electron chi connectivity index (χ0n) is 16.3. The maximum absolute atomic E-state index is 12.9. The van der Waals surface area contributed by atoms with Gasteiger partial charge in [0.05, 0.1) is 5.56 Å². The molecule has 1 N–H and O–H groups in total. The molecule has 5 nitrogen and oxygen atoms in total. The molecule has 0 atom stereocenters. The van der Waals surface area contributed by atoms with Gasteiger partial charge < -0.3 is 15.0 Å². The molecule has 3 aromatic rings. The summed E-state index contributed by atoms with van der Waals surface area (Å²) in [7, 11) is 0. The fourth-order valence-electron chi connectivity index (χ4n) is 3.59. The molecule has 0 unspecified atom stereocenters. The van der Waals surface area contributed by atoms with Crippen molar-refractivity contribution >= 4 is 22.6 Å². The van der Waals surface area contributed by atoms with Crippen LogP contribution in [0.25, 0.3) is 10.8 Å². The van der Waals surface area contributed by atoms with Crippen LogP contribution in [0.4, 0.5) is 0 Å². The van der Waals surface area contributed by atoms with Crippen LogP contribution in [0.5, 0.6) is 5.75 Å². The molecular weight excluding hydrogens is 364 g/mol. The predicted molar refractivity (Wildman–Crippen MR) is 113 cm³/mol. The third-order valence-corrected chi connectivity index (χ3v) is 5.20. The molecule has 2 amide bonds. The van der Waals surface area contributed by atoms with Crippen molar-refractivity contribution in [1.29, 1.82) is 0 Å². The Labute approximate surface area is 170 Å². The SMILES string of the molecule is O=C(NCc1ccccc1)c1cc2ccccc2cc1OCC(=O)N1CCCC1. The Bertz CT molecular complexity index is 1010. The summed E-state index contributed by atoms with van der Waals surface area (Å²) in [5.41, 5.74) is 1.46. The van der Waals surface area contributed by atoms with Crippen LogP contribution in [0.1, 0.15) is 28.8 Å². The highest BCUT2D eigenvalue weighted by Crippen LogP contribution is 2.26. The van der Waals surface area contributed by atoms with Crippen molar-refractivity contribution < 1.29 is 14.3 Å². The van der Waals surface area contributed by atoms with Gasteiger partial charge in [0.2, 0.25) is 0 Å². The summed E-state index contributed by atoms with van der Waals surface area (Å²) >= 11 is 0. The first-order valence-electron chi connectivity index (χ1n) is 9.96. The van der Waals surface area contributed by atoms with Crippen molar-refractivity contribution in [3.63, 3.8) is 0 Å². The molecule has 0 bridgehead atoms. The van der Waals surface area contributed by atoms with E-state index in [1.165, 1.54) is 0 Å². The molecular formula is C24H24N2O3. The fraction of sp³-hybridized carbons (Fsp3) is 0.250. The molecule has 29 heavy (non-hydrogen) atoms. The number of rotatable bonds is 6. The summed E-state index contributed by atoms with van der Waals surface area (Å²) in [6, 6.07) is 21.2. The van der Waals surface area contributed by atoms with Gasteiger partial charge in [-0.05, 0) is 41.3 Å². The molecule has 1 aliphatic rings. The maximum atomic E-state index is 12.9. The standard InChI is InChI=1S/C24H24N2O3/c27-23(26-12-6-7-13-26)17-29-22-15-20-11-5-4-10-19(20)14-21(22)24(28)25-16-18-8-2-1-3-9-18/h1-5,8-11,14-15H,6-7,12-13,16-17H2,(H,25,28). The van der Waals surface area contributed by atoms with E-state index >= 15 is 0 Å². The average Bonchev–Trinajstić information content (AvgIpc) is 3.31. The molecule has 0 spiro atoms. The van der Waals surface area contributed by atoms with E-state index < -0.39 is 0 Å². The Hall–Kier alpha value is -3.34. The van der Waals surface area contributed by atoms with Crippen LogP contribution in [0.2, 0.25) is 0 Å². The largest absolute Gasteiger partial charge is 0.483 e. The molecule has 1 heterocycles. The van der Waals surface area contributed by atoms with E-state index in [9.17, 15) is 9.59 Å². The van der Waals surface area contributed by atoms with Gasteiger partial charge in [-0.15, -0.1) is 0 Å². The summed E-state index contributed by atoms with van der Waals surface area (Å²) in [5, 5.41) is 4.87. The van der Waals surface area contributed by atoms with E-state index in [2.05, 4.69) is 5.32 Å². The molecule has 0 radical (unpaired) electrons. The van der Waals surface area contributed by atoms with Crippen LogP contribution in [-0.2, 0) is 11.3 Å². The highest BCUT2D eigenvalue weighted by molar-refractivity contribution is 6.01. The number of carbonyl (C=O) groups is 2. The fourth-order valence-corrected chi connectivity index (χ4v) is 3.59. The van der Waals surface area contributed by atoms with E-state index in [0.29, 0.717) is 17.9 Å². The van der Waals surface area contributed by atoms with Crippen molar-refractivity contribution in [3.05, 3.63) is 77.9 Å². The quantitative estimate of drug-likeness (QED) is 0.699. The van der Waals surface area contributed by atoms with Gasteiger partial charge in [-0.2, -0.15) is 0 Å². The summed E-state index contributed by atoms with van der Waals surface area (Å²) in [4.78, 5) is 27.1. The first-order chi connectivity index (χ1) is 14.2. The van der Waals surface area contributed by atoms with Crippen molar-refractivity contribution in [1.82, 2.24) is 10.2 Å². The Balaban J connectivity index is 1.54. The molecule has 1 aliphatic heterocycles. The maximum Gasteiger partial charge on any atom is 0.260 e. The van der Waals surface area contributed by atoms with Crippen LogP contribution in [0.3, 0.4) is 0 Å². The van der Waals surface area contributed by atoms with E-state index in [4.69, 9.17) is 4.74 Å². The predicted octanol–water partition coefficient (Wildman–Crippen LogP) is 3.77. The van der Waals surface area contributed by atoms with Crippen LogP contribution in [0.15, 0.2) is 66.7 Å². The van der Waals surface area contributed by atoms with Crippen LogP contribution in [-0.4, -0.2) is 36.4 Å². The Morgan fingerprint density at radius 2 is 1.55 bits per heavy atom. The van der Waals surface area contributed by atoms with Gasteiger partial charge in [0.15, 0.2) is 6.61 Å². The van der Waals surface area contributed by atoms with Crippen molar-refractivity contribution in [3.8, 4) is 5.75 Å². The van der Waals surface area contributed by atoms with Crippen LogP contribution >= 0.6 is 0 Å². The van der Waals surface area contributed by atoms with E-state index in [0.717, 1.165) is 42.3 Å². The Kier molecular flexibility index (Phi) is 5.75. The van der Waals surface area contributed by atoms with Crippen molar-refractivity contribution in [2.75, 3.05) is 19.7 Å². The van der Waals surface area contributed by atoms with Gasteiger partial charge in [0.1, 0.15) is 5.75 Å². The topological polar surface area (TPSA) is 58.6 Å². The monoisotopic (exact) mass is 388 g/mol. The molecule has 3 aromatic carbocycles. The average molecular weight is 388 g/mol. The van der Waals surface area contributed by atoms with Crippen molar-refractivity contribution in [2.24, 2.45) is 0 Å². The number of hydrogen-bond donors (Lipinski definition) is 1. The number of fused-ring (bicyclic) bond motifs is 1. The van der Waals surface area contributed by atoms with Crippen LogP contribution < -0.4 is 10.1 Å². The normalized spacial score (nSPS) is 13.4. The molecule has 0 aliphatic carbocycles. The Morgan fingerprint density at radius 3 is 2.28 bits per heavy atom. The molecule has 0 aromatic heterocycles. The molecule has 4 rings (SSSR count). The minimum Gasteiger partial charge on any atom is -0.483 e. The number of amides is 2. The van der Waals surface area contributed by atoms with Gasteiger partial charge in [-0.3, -0.25) is 9.59 Å². The van der Waals surface area contributed by atoms with Gasteiger partial charge in [-0.1, -0.05) is 54.6 Å². The lowest BCUT2D eigenvalue weighted by molar-refractivity contribution is -0.132. The second kappa shape index (κ2) is 8.78. The van der Waals surface area contributed by atoms with E-state index in [-0.39, 0.29) is 18.4 Å². The number of hydrogen-bond acceptors (Lipinski definition) is 3. The van der Waals surface area contributed by atoms with E-state index in [1.807, 2.05) is 71.6 Å². The number of carbonyl (C=O) groups excluding carboxylic acids is 2. The van der Waals surface area contributed by atoms with Crippen molar-refractivity contribution in [2.45, 2.75) is 19.4 Å². The van der Waals surface area contributed by atoms with Gasteiger partial charge in [-0.25, -0.2) is 0 Å². The molecule has 1 fully saturated rings. The highest BCUT2D eigenvalue weighted by Gasteiger charge is 2.20. The lowest BCUT2D eigenvalue weighted by Crippen LogP contribution is -2.32. The first kappa shape index (κ1) is 19.0. The third kappa shape index (κ3) is 4.57. The second-order valence-corrected chi connectivity index (χ2v) is 7.24. The lowest BCUT2D eigenvalue weighted by Gasteiger charge is -2.17. The number of ether oxygens (including phenoxy) is 1. The van der Waals surface area contributed by atoms with Crippen LogP contribution in [0, 0.1) is 0 Å². The zero-order valence-corrected chi connectivity index (χ0v) is 16.3. The minimum atomic E-state index is -0.219. The second-order valence-electron chi connectivity index (χ2n) is 7.24. The summed E-state index contributed by atoms with van der Waals surface area (Å²) in [6.07, 6.45) is 2.07. The first-order valence-corrected chi connectivity index (χ1v) is 9.96. The molecule has 1 saturated heterocycles. The summed E-state index contributed by atoms with van der Waals surface area (Å²) in [5.74, 6) is 0.177. The summed E-state index contributed by atoms with van der Waals surface area (Å²) in [6.45, 7) is 1.94. The molecule has 0 saturated carbocycles. The number of nitrogens with zero attached hydrogens (tertiary/aromatic N) is 1. The summed E-state index contributed by atoms with van der Waals surface area (Å²) < 4.78 is 5.84. The van der Waals surface area contributed by atoms with Gasteiger partial charge in [0, 0.05) is 19.6 Å². The minimum absolute atomic E-state index is 0.0358. The lowest BCUT2D eigenvalue weighted by atomic mass is 10.1. The number of likely N-dealkylation sites (tertiary alicyclic amines) is 1. The third-order valence-electron chi connectivity index (χ3n) is 5.20. The van der Waals surface area contributed by atoms with E-state index in [1.54, 1.807) is 0 Å². The van der Waals surface area contributed by atoms with Gasteiger partial charge in [0.25, 0.3) is 11.8 Å². The highest BCUT2D eigenvalue weighted by atomic mass is 16.5. The van der Waals surface area contributed by atoms with Gasteiger partial charge >= 0.3 is 0 Å². The number of nitrogens with one attached hydrogen (secondary N) is 1. The Morgan fingerprint density at radius 1 is 0.897 bits per heavy atom.